The lowest BCUT2D eigenvalue weighted by Crippen LogP contribution is -2.37. The third kappa shape index (κ3) is 6.16. The van der Waals surface area contributed by atoms with Crippen LogP contribution in [0.1, 0.15) is 20.8 Å². The second kappa shape index (κ2) is 7.01. The van der Waals surface area contributed by atoms with Gasteiger partial charge in [-0.1, -0.05) is 22.5 Å². The zero-order valence-electron chi connectivity index (χ0n) is 9.05. The van der Waals surface area contributed by atoms with Crippen LogP contribution in [0.2, 0.25) is 0 Å². The first-order valence-corrected chi connectivity index (χ1v) is 5.49. The molecular formula is C10H18BrNO2. The van der Waals surface area contributed by atoms with Gasteiger partial charge in [-0.15, -0.1) is 0 Å². The molecule has 0 aliphatic carbocycles. The third-order valence-corrected chi connectivity index (χ3v) is 1.99. The molecule has 4 heteroatoms. The van der Waals surface area contributed by atoms with E-state index < -0.39 is 0 Å². The van der Waals surface area contributed by atoms with Crippen molar-refractivity contribution in [2.75, 3.05) is 19.7 Å². The van der Waals surface area contributed by atoms with Gasteiger partial charge < -0.3 is 4.74 Å². The van der Waals surface area contributed by atoms with E-state index in [0.717, 1.165) is 4.48 Å². The highest BCUT2D eigenvalue weighted by Gasteiger charge is 2.14. The Morgan fingerprint density at radius 3 is 2.43 bits per heavy atom. The summed E-state index contributed by atoms with van der Waals surface area (Å²) in [5.41, 5.74) is 0. The molecule has 0 unspecified atom stereocenters. The van der Waals surface area contributed by atoms with Gasteiger partial charge in [-0.3, -0.25) is 9.69 Å². The van der Waals surface area contributed by atoms with Crippen LogP contribution in [0.4, 0.5) is 0 Å². The quantitative estimate of drug-likeness (QED) is 0.688. The minimum Gasteiger partial charge on any atom is -0.465 e. The standard InChI is InChI=1S/C10H18BrNO2/c1-5-14-10(13)7-12(8(2)3)6-9(4)11/h8H,4-7H2,1-3H3. The summed E-state index contributed by atoms with van der Waals surface area (Å²) in [6, 6.07) is 0.300. The van der Waals surface area contributed by atoms with Crippen LogP contribution in [-0.2, 0) is 9.53 Å². The molecule has 0 amide bonds. The molecule has 0 heterocycles. The van der Waals surface area contributed by atoms with E-state index in [9.17, 15) is 4.79 Å². The Bertz CT molecular complexity index is 204. The van der Waals surface area contributed by atoms with Crippen LogP contribution in [0.3, 0.4) is 0 Å². The number of ether oxygens (including phenoxy) is 1. The molecule has 0 saturated heterocycles. The molecule has 0 rings (SSSR count). The normalized spacial score (nSPS) is 10.7. The molecule has 0 radical (unpaired) electrons. The Hall–Kier alpha value is -0.350. The molecular weight excluding hydrogens is 246 g/mol. The predicted molar refractivity (Wildman–Crippen MR) is 61.4 cm³/mol. The second-order valence-corrected chi connectivity index (χ2v) is 4.44. The van der Waals surface area contributed by atoms with Gasteiger partial charge in [0.2, 0.25) is 0 Å². The summed E-state index contributed by atoms with van der Waals surface area (Å²) in [6.07, 6.45) is 0. The van der Waals surface area contributed by atoms with Crippen LogP contribution in [0, 0.1) is 0 Å². The zero-order valence-corrected chi connectivity index (χ0v) is 10.6. The van der Waals surface area contributed by atoms with Gasteiger partial charge in [-0.2, -0.15) is 0 Å². The summed E-state index contributed by atoms with van der Waals surface area (Å²) >= 11 is 3.28. The maximum Gasteiger partial charge on any atom is 0.320 e. The summed E-state index contributed by atoms with van der Waals surface area (Å²) < 4.78 is 5.75. The summed E-state index contributed by atoms with van der Waals surface area (Å²) in [6.45, 7) is 11.0. The monoisotopic (exact) mass is 263 g/mol. The number of nitrogens with zero attached hydrogens (tertiary/aromatic N) is 1. The van der Waals surface area contributed by atoms with Crippen molar-refractivity contribution in [1.29, 1.82) is 0 Å². The van der Waals surface area contributed by atoms with Crippen LogP contribution in [0.5, 0.6) is 0 Å². The first kappa shape index (κ1) is 13.7. The van der Waals surface area contributed by atoms with Gasteiger partial charge in [0.25, 0.3) is 0 Å². The molecule has 0 spiro atoms. The average Bonchev–Trinajstić information content (AvgIpc) is 2.02. The van der Waals surface area contributed by atoms with Crippen LogP contribution >= 0.6 is 15.9 Å². The van der Waals surface area contributed by atoms with Crippen molar-refractivity contribution in [3.8, 4) is 0 Å². The molecule has 0 fully saturated rings. The Labute approximate surface area is 94.2 Å². The maximum atomic E-state index is 11.2. The summed E-state index contributed by atoms with van der Waals surface area (Å²) in [4.78, 5) is 13.2. The molecule has 0 aliphatic heterocycles. The molecule has 0 aliphatic rings. The van der Waals surface area contributed by atoms with Crippen LogP contribution in [-0.4, -0.2) is 36.6 Å². The number of rotatable bonds is 6. The molecule has 0 N–H and O–H groups in total. The number of hydrogen-bond donors (Lipinski definition) is 0. The molecule has 0 aromatic carbocycles. The van der Waals surface area contributed by atoms with Gasteiger partial charge in [0.15, 0.2) is 0 Å². The number of carbonyl (C=O) groups excluding carboxylic acids is 1. The van der Waals surface area contributed by atoms with Gasteiger partial charge >= 0.3 is 5.97 Å². The summed E-state index contributed by atoms with van der Waals surface area (Å²) in [5, 5.41) is 0. The number of carbonyl (C=O) groups is 1. The fourth-order valence-corrected chi connectivity index (χ4v) is 1.34. The second-order valence-electron chi connectivity index (χ2n) is 3.32. The van der Waals surface area contributed by atoms with E-state index in [0.29, 0.717) is 25.7 Å². The molecule has 14 heavy (non-hydrogen) atoms. The topological polar surface area (TPSA) is 29.5 Å². The number of hydrogen-bond acceptors (Lipinski definition) is 3. The number of halogens is 1. The van der Waals surface area contributed by atoms with Gasteiger partial charge in [0, 0.05) is 17.1 Å². The van der Waals surface area contributed by atoms with Crippen molar-refractivity contribution in [2.45, 2.75) is 26.8 Å². The van der Waals surface area contributed by atoms with Crippen LogP contribution < -0.4 is 0 Å². The van der Waals surface area contributed by atoms with E-state index in [4.69, 9.17) is 4.74 Å². The fourth-order valence-electron chi connectivity index (χ4n) is 1.01. The van der Waals surface area contributed by atoms with Crippen molar-refractivity contribution in [3.63, 3.8) is 0 Å². The molecule has 0 aromatic heterocycles. The highest BCUT2D eigenvalue weighted by molar-refractivity contribution is 9.11. The minimum absolute atomic E-state index is 0.185. The van der Waals surface area contributed by atoms with Crippen molar-refractivity contribution in [1.82, 2.24) is 4.90 Å². The van der Waals surface area contributed by atoms with Crippen LogP contribution in [0.25, 0.3) is 0 Å². The van der Waals surface area contributed by atoms with E-state index in [1.54, 1.807) is 6.92 Å². The number of esters is 1. The zero-order chi connectivity index (χ0) is 11.1. The Kier molecular flexibility index (Phi) is 6.83. The van der Waals surface area contributed by atoms with Crippen molar-refractivity contribution in [3.05, 3.63) is 11.1 Å². The molecule has 0 saturated carbocycles. The smallest absolute Gasteiger partial charge is 0.320 e. The fraction of sp³-hybridized carbons (Fsp3) is 0.700. The van der Waals surface area contributed by atoms with Crippen molar-refractivity contribution < 1.29 is 9.53 Å². The lowest BCUT2D eigenvalue weighted by Gasteiger charge is -2.24. The lowest BCUT2D eigenvalue weighted by molar-refractivity contribution is -0.144. The Morgan fingerprint density at radius 1 is 1.50 bits per heavy atom. The van der Waals surface area contributed by atoms with Crippen molar-refractivity contribution in [2.24, 2.45) is 0 Å². The molecule has 3 nitrogen and oxygen atoms in total. The largest absolute Gasteiger partial charge is 0.465 e. The minimum atomic E-state index is -0.185. The van der Waals surface area contributed by atoms with Gasteiger partial charge in [0.05, 0.1) is 13.2 Å². The SMILES string of the molecule is C=C(Br)CN(CC(=O)OCC)C(C)C. The Morgan fingerprint density at radius 2 is 2.07 bits per heavy atom. The van der Waals surface area contributed by atoms with Gasteiger partial charge in [-0.05, 0) is 20.8 Å². The highest BCUT2D eigenvalue weighted by atomic mass is 79.9. The summed E-state index contributed by atoms with van der Waals surface area (Å²) in [7, 11) is 0. The highest BCUT2D eigenvalue weighted by Crippen LogP contribution is 2.07. The predicted octanol–water partition coefficient (Wildman–Crippen LogP) is 2.17. The third-order valence-electron chi connectivity index (χ3n) is 1.74. The lowest BCUT2D eigenvalue weighted by atomic mass is 10.3. The van der Waals surface area contributed by atoms with Crippen LogP contribution in [0.15, 0.2) is 11.1 Å². The average molecular weight is 264 g/mol. The molecule has 0 bridgehead atoms. The van der Waals surface area contributed by atoms with Gasteiger partial charge in [0.1, 0.15) is 0 Å². The van der Waals surface area contributed by atoms with E-state index in [-0.39, 0.29) is 5.97 Å². The Balaban J connectivity index is 4.09. The van der Waals surface area contributed by atoms with Crippen molar-refractivity contribution >= 4 is 21.9 Å². The molecule has 0 atom stereocenters. The van der Waals surface area contributed by atoms with E-state index in [2.05, 4.69) is 22.5 Å². The first-order chi connectivity index (χ1) is 6.47. The first-order valence-electron chi connectivity index (χ1n) is 4.70. The van der Waals surface area contributed by atoms with E-state index >= 15 is 0 Å². The van der Waals surface area contributed by atoms with E-state index in [1.807, 2.05) is 18.7 Å². The van der Waals surface area contributed by atoms with E-state index in [1.165, 1.54) is 0 Å². The molecule has 0 aromatic rings. The molecule has 82 valence electrons. The maximum absolute atomic E-state index is 11.2. The summed E-state index contributed by atoms with van der Waals surface area (Å²) in [5.74, 6) is -0.185. The van der Waals surface area contributed by atoms with Gasteiger partial charge in [-0.25, -0.2) is 0 Å².